The third-order valence-electron chi connectivity index (χ3n) is 4.16. The minimum atomic E-state index is 0.110. The number of carbonyl (C=O) groups is 1. The van der Waals surface area contributed by atoms with Crippen molar-refractivity contribution in [1.29, 1.82) is 0 Å². The molecule has 0 spiro atoms. The maximum absolute atomic E-state index is 12.3. The SMILES string of the molecule is C/C=C(\C=C/C1C(C)CC1C)C(=O)c1ccccc1. The minimum Gasteiger partial charge on any atom is -0.289 e. The molecule has 1 aromatic rings. The molecule has 2 atom stereocenters. The van der Waals surface area contributed by atoms with E-state index in [-0.39, 0.29) is 5.78 Å². The molecule has 0 amide bonds. The van der Waals surface area contributed by atoms with Crippen LogP contribution in [0.4, 0.5) is 0 Å². The molecule has 0 bridgehead atoms. The van der Waals surface area contributed by atoms with Gasteiger partial charge in [0.05, 0.1) is 0 Å². The number of ketones is 1. The van der Waals surface area contributed by atoms with E-state index in [9.17, 15) is 4.79 Å². The number of hydrogen-bond acceptors (Lipinski definition) is 1. The number of hydrogen-bond donors (Lipinski definition) is 0. The summed E-state index contributed by atoms with van der Waals surface area (Å²) in [5.41, 5.74) is 1.55. The summed E-state index contributed by atoms with van der Waals surface area (Å²) in [5, 5.41) is 0. The Morgan fingerprint density at radius 2 is 1.79 bits per heavy atom. The second kappa shape index (κ2) is 6.01. The van der Waals surface area contributed by atoms with Gasteiger partial charge in [0.15, 0.2) is 5.78 Å². The van der Waals surface area contributed by atoms with Gasteiger partial charge in [-0.25, -0.2) is 0 Å². The van der Waals surface area contributed by atoms with Crippen molar-refractivity contribution in [2.24, 2.45) is 17.8 Å². The predicted molar refractivity (Wildman–Crippen MR) is 80.1 cm³/mol. The molecule has 1 aliphatic rings. The van der Waals surface area contributed by atoms with E-state index in [0.29, 0.717) is 5.92 Å². The third kappa shape index (κ3) is 3.04. The highest BCUT2D eigenvalue weighted by Gasteiger charge is 2.32. The highest BCUT2D eigenvalue weighted by atomic mass is 16.1. The molecule has 1 aliphatic carbocycles. The summed E-state index contributed by atoms with van der Waals surface area (Å²) >= 11 is 0. The van der Waals surface area contributed by atoms with Crippen molar-refractivity contribution in [2.45, 2.75) is 27.2 Å². The fraction of sp³-hybridized carbons (Fsp3) is 0.389. The van der Waals surface area contributed by atoms with Crippen molar-refractivity contribution in [2.75, 3.05) is 0 Å². The van der Waals surface area contributed by atoms with E-state index in [1.165, 1.54) is 6.42 Å². The van der Waals surface area contributed by atoms with Gasteiger partial charge in [0.25, 0.3) is 0 Å². The summed E-state index contributed by atoms with van der Waals surface area (Å²) in [6.45, 7) is 6.49. The second-order valence-electron chi connectivity index (χ2n) is 5.57. The number of rotatable bonds is 4. The van der Waals surface area contributed by atoms with Gasteiger partial charge in [-0.3, -0.25) is 4.79 Å². The molecule has 0 saturated heterocycles. The monoisotopic (exact) mass is 254 g/mol. The molecule has 1 aromatic carbocycles. The molecule has 2 rings (SSSR count). The fourth-order valence-corrected chi connectivity index (χ4v) is 2.92. The van der Waals surface area contributed by atoms with E-state index in [4.69, 9.17) is 0 Å². The van der Waals surface area contributed by atoms with Crippen LogP contribution in [-0.4, -0.2) is 5.78 Å². The van der Waals surface area contributed by atoms with E-state index in [0.717, 1.165) is 23.0 Å². The van der Waals surface area contributed by atoms with Gasteiger partial charge in [-0.05, 0) is 31.1 Å². The average molecular weight is 254 g/mol. The van der Waals surface area contributed by atoms with E-state index in [1.54, 1.807) is 0 Å². The summed E-state index contributed by atoms with van der Waals surface area (Å²) in [5.74, 6) is 2.23. The van der Waals surface area contributed by atoms with Crippen LogP contribution in [0.2, 0.25) is 0 Å². The molecule has 1 saturated carbocycles. The summed E-state index contributed by atoms with van der Waals surface area (Å²) in [7, 11) is 0. The Morgan fingerprint density at radius 3 is 2.32 bits per heavy atom. The van der Waals surface area contributed by atoms with E-state index >= 15 is 0 Å². The molecule has 0 aromatic heterocycles. The first-order valence-corrected chi connectivity index (χ1v) is 7.07. The van der Waals surface area contributed by atoms with Gasteiger partial charge in [-0.15, -0.1) is 0 Å². The highest BCUT2D eigenvalue weighted by Crippen LogP contribution is 2.40. The summed E-state index contributed by atoms with van der Waals surface area (Å²) < 4.78 is 0. The smallest absolute Gasteiger partial charge is 0.192 e. The van der Waals surface area contributed by atoms with Crippen LogP contribution < -0.4 is 0 Å². The van der Waals surface area contributed by atoms with Gasteiger partial charge in [0, 0.05) is 11.1 Å². The standard InChI is InChI=1S/C18H22O/c1-4-15(10-11-17-13(2)12-14(17)3)18(19)16-8-6-5-7-9-16/h4-11,13-14,17H,12H2,1-3H3/b11-10-,15-4+. The molecule has 1 nitrogen and oxygen atoms in total. The van der Waals surface area contributed by atoms with E-state index < -0.39 is 0 Å². The normalized spacial score (nSPS) is 27.3. The second-order valence-corrected chi connectivity index (χ2v) is 5.57. The lowest BCUT2D eigenvalue weighted by Gasteiger charge is -2.39. The first kappa shape index (κ1) is 13.8. The Balaban J connectivity index is 2.09. The van der Waals surface area contributed by atoms with Crippen LogP contribution in [0, 0.1) is 17.8 Å². The Labute approximate surface area is 116 Å². The molecule has 0 heterocycles. The van der Waals surface area contributed by atoms with Crippen LogP contribution in [0.5, 0.6) is 0 Å². The summed E-state index contributed by atoms with van der Waals surface area (Å²) in [6.07, 6.45) is 7.42. The lowest BCUT2D eigenvalue weighted by molar-refractivity contribution is 0.103. The molecule has 0 N–H and O–H groups in total. The quantitative estimate of drug-likeness (QED) is 0.434. The van der Waals surface area contributed by atoms with Crippen molar-refractivity contribution >= 4 is 5.78 Å². The average Bonchev–Trinajstić information content (AvgIpc) is 2.44. The molecular weight excluding hydrogens is 232 g/mol. The van der Waals surface area contributed by atoms with Gasteiger partial charge in [-0.2, -0.15) is 0 Å². The van der Waals surface area contributed by atoms with Crippen LogP contribution in [0.25, 0.3) is 0 Å². The fourth-order valence-electron chi connectivity index (χ4n) is 2.92. The Kier molecular flexibility index (Phi) is 4.36. The van der Waals surface area contributed by atoms with Crippen molar-refractivity contribution in [3.63, 3.8) is 0 Å². The molecule has 1 heteroatoms. The van der Waals surface area contributed by atoms with Gasteiger partial charge >= 0.3 is 0 Å². The molecule has 19 heavy (non-hydrogen) atoms. The van der Waals surface area contributed by atoms with E-state index in [2.05, 4.69) is 19.9 Å². The Morgan fingerprint density at radius 1 is 1.16 bits per heavy atom. The summed E-state index contributed by atoms with van der Waals surface area (Å²) in [6, 6.07) is 9.48. The van der Waals surface area contributed by atoms with Gasteiger partial charge in [0.1, 0.15) is 0 Å². The first-order chi connectivity index (χ1) is 9.13. The van der Waals surface area contributed by atoms with Crippen LogP contribution in [0.3, 0.4) is 0 Å². The van der Waals surface area contributed by atoms with Gasteiger partial charge in [-0.1, -0.05) is 62.4 Å². The third-order valence-corrected chi connectivity index (χ3v) is 4.16. The summed E-state index contributed by atoms with van der Waals surface area (Å²) in [4.78, 5) is 12.3. The molecule has 100 valence electrons. The van der Waals surface area contributed by atoms with Crippen LogP contribution in [-0.2, 0) is 0 Å². The molecule has 2 unspecified atom stereocenters. The predicted octanol–water partition coefficient (Wildman–Crippen LogP) is 4.66. The number of Topliss-reactive ketones (excluding diaryl/α,β-unsaturated/α-hetero) is 1. The lowest BCUT2D eigenvalue weighted by Crippen LogP contribution is -2.31. The first-order valence-electron chi connectivity index (χ1n) is 7.07. The zero-order valence-electron chi connectivity index (χ0n) is 12.0. The van der Waals surface area contributed by atoms with Gasteiger partial charge in [0.2, 0.25) is 0 Å². The highest BCUT2D eigenvalue weighted by molar-refractivity contribution is 6.10. The molecule has 0 radical (unpaired) electrons. The van der Waals surface area contributed by atoms with Crippen LogP contribution in [0.1, 0.15) is 37.6 Å². The zero-order valence-corrected chi connectivity index (χ0v) is 12.0. The topological polar surface area (TPSA) is 17.1 Å². The van der Waals surface area contributed by atoms with Crippen LogP contribution >= 0.6 is 0 Å². The number of benzene rings is 1. The molecule has 0 aliphatic heterocycles. The van der Waals surface area contributed by atoms with E-state index in [1.807, 2.05) is 49.4 Å². The van der Waals surface area contributed by atoms with Gasteiger partial charge < -0.3 is 0 Å². The number of allylic oxidation sites excluding steroid dienone is 4. The Bertz CT molecular complexity index is 488. The number of carbonyl (C=O) groups excluding carboxylic acids is 1. The van der Waals surface area contributed by atoms with Crippen molar-refractivity contribution in [3.05, 3.63) is 59.7 Å². The van der Waals surface area contributed by atoms with Crippen molar-refractivity contribution in [1.82, 2.24) is 0 Å². The lowest BCUT2D eigenvalue weighted by atomic mass is 9.66. The maximum atomic E-state index is 12.3. The maximum Gasteiger partial charge on any atom is 0.192 e. The van der Waals surface area contributed by atoms with Crippen molar-refractivity contribution < 1.29 is 4.79 Å². The molecular formula is C18H22O. The minimum absolute atomic E-state index is 0.110. The zero-order chi connectivity index (χ0) is 13.8. The van der Waals surface area contributed by atoms with Crippen LogP contribution in [0.15, 0.2) is 54.1 Å². The molecule has 1 fully saturated rings. The largest absolute Gasteiger partial charge is 0.289 e. The Hall–Kier alpha value is -1.63. The van der Waals surface area contributed by atoms with Crippen molar-refractivity contribution in [3.8, 4) is 0 Å².